The van der Waals surface area contributed by atoms with Crippen molar-refractivity contribution in [1.82, 2.24) is 5.32 Å². The van der Waals surface area contributed by atoms with Gasteiger partial charge < -0.3 is 4.74 Å². The summed E-state index contributed by atoms with van der Waals surface area (Å²) < 4.78 is 5.14. The van der Waals surface area contributed by atoms with E-state index >= 15 is 0 Å². The molecule has 3 rings (SSSR count). The Morgan fingerprint density at radius 2 is 1.76 bits per heavy atom. The van der Waals surface area contributed by atoms with Gasteiger partial charge in [0.2, 0.25) is 0 Å². The number of nitrogens with zero attached hydrogens (tertiary/aromatic N) is 1. The van der Waals surface area contributed by atoms with Gasteiger partial charge in [-0.15, -0.1) is 0 Å². The lowest BCUT2D eigenvalue weighted by Gasteiger charge is -2.26. The molecule has 0 saturated carbocycles. The predicted molar refractivity (Wildman–Crippen MR) is 93.2 cm³/mol. The lowest BCUT2D eigenvalue weighted by atomic mass is 10.1. The number of hydrogen-bond acceptors (Lipinski definition) is 4. The summed E-state index contributed by atoms with van der Waals surface area (Å²) in [7, 11) is 1.53. The highest BCUT2D eigenvalue weighted by Crippen LogP contribution is 2.23. The molecule has 1 aliphatic heterocycles. The van der Waals surface area contributed by atoms with E-state index in [0.29, 0.717) is 17.0 Å². The molecule has 4 amide bonds. The summed E-state index contributed by atoms with van der Waals surface area (Å²) in [6.45, 7) is 1.90. The number of carbonyl (C=O) groups excluding carboxylic acids is 3. The van der Waals surface area contributed by atoms with Gasteiger partial charge in [-0.2, -0.15) is 0 Å². The molecule has 0 unspecified atom stereocenters. The number of carbonyl (C=O) groups is 3. The van der Waals surface area contributed by atoms with E-state index in [1.807, 2.05) is 6.92 Å². The molecule has 1 fully saturated rings. The number of aryl methyl sites for hydroxylation is 1. The summed E-state index contributed by atoms with van der Waals surface area (Å²) in [4.78, 5) is 37.9. The van der Waals surface area contributed by atoms with Crippen molar-refractivity contribution >= 4 is 29.6 Å². The van der Waals surface area contributed by atoms with Gasteiger partial charge in [-0.3, -0.25) is 14.9 Å². The molecule has 0 radical (unpaired) electrons. The highest BCUT2D eigenvalue weighted by Gasteiger charge is 2.36. The lowest BCUT2D eigenvalue weighted by Crippen LogP contribution is -2.54. The van der Waals surface area contributed by atoms with Gasteiger partial charge >= 0.3 is 6.03 Å². The summed E-state index contributed by atoms with van der Waals surface area (Å²) in [5.41, 5.74) is 1.90. The van der Waals surface area contributed by atoms with Crippen molar-refractivity contribution in [1.29, 1.82) is 0 Å². The summed E-state index contributed by atoms with van der Waals surface area (Å²) in [6, 6.07) is 13.1. The number of rotatable bonds is 3. The largest absolute Gasteiger partial charge is 0.497 e. The van der Waals surface area contributed by atoms with E-state index < -0.39 is 17.8 Å². The van der Waals surface area contributed by atoms with E-state index in [1.54, 1.807) is 48.5 Å². The van der Waals surface area contributed by atoms with Crippen LogP contribution in [0.2, 0.25) is 0 Å². The molecule has 0 bridgehead atoms. The van der Waals surface area contributed by atoms with Gasteiger partial charge in [-0.25, -0.2) is 9.69 Å². The van der Waals surface area contributed by atoms with Gasteiger partial charge in [0.25, 0.3) is 11.8 Å². The summed E-state index contributed by atoms with van der Waals surface area (Å²) in [5, 5.41) is 2.20. The first-order valence-corrected chi connectivity index (χ1v) is 7.62. The van der Waals surface area contributed by atoms with Gasteiger partial charge in [0.15, 0.2) is 0 Å². The molecule has 1 N–H and O–H groups in total. The Morgan fingerprint density at radius 3 is 2.44 bits per heavy atom. The average Bonchev–Trinajstić information content (AvgIpc) is 2.60. The molecule has 1 aliphatic rings. The molecule has 2 aromatic carbocycles. The normalized spacial score (nSPS) is 16.2. The summed E-state index contributed by atoms with van der Waals surface area (Å²) in [5.74, 6) is -0.786. The number of imide groups is 2. The molecule has 6 heteroatoms. The van der Waals surface area contributed by atoms with Crippen LogP contribution in [0.1, 0.15) is 11.1 Å². The smallest absolute Gasteiger partial charge is 0.335 e. The Kier molecular flexibility index (Phi) is 4.35. The minimum Gasteiger partial charge on any atom is -0.497 e. The lowest BCUT2D eigenvalue weighted by molar-refractivity contribution is -0.122. The maximum Gasteiger partial charge on any atom is 0.335 e. The van der Waals surface area contributed by atoms with Crippen molar-refractivity contribution in [2.45, 2.75) is 6.92 Å². The third-order valence-corrected chi connectivity index (χ3v) is 3.80. The fourth-order valence-electron chi connectivity index (χ4n) is 2.48. The number of nitrogens with one attached hydrogen (secondary N) is 1. The fourth-order valence-corrected chi connectivity index (χ4v) is 2.48. The second-order valence-electron chi connectivity index (χ2n) is 5.57. The molecule has 0 atom stereocenters. The molecule has 1 heterocycles. The highest BCUT2D eigenvalue weighted by atomic mass is 16.5. The Labute approximate surface area is 144 Å². The number of barbiturate groups is 1. The maximum atomic E-state index is 12.7. The topological polar surface area (TPSA) is 75.7 Å². The van der Waals surface area contributed by atoms with Crippen LogP contribution in [0.15, 0.2) is 54.1 Å². The van der Waals surface area contributed by atoms with Gasteiger partial charge in [0, 0.05) is 0 Å². The molecule has 1 saturated heterocycles. The van der Waals surface area contributed by atoms with E-state index in [-0.39, 0.29) is 5.57 Å². The Bertz CT molecular complexity index is 885. The minimum absolute atomic E-state index is 0.117. The number of ether oxygens (including phenoxy) is 1. The molecule has 0 aromatic heterocycles. The molecule has 6 nitrogen and oxygen atoms in total. The monoisotopic (exact) mass is 336 g/mol. The third-order valence-electron chi connectivity index (χ3n) is 3.80. The number of urea groups is 1. The van der Waals surface area contributed by atoms with Crippen molar-refractivity contribution in [3.63, 3.8) is 0 Å². The Balaban J connectivity index is 2.00. The van der Waals surface area contributed by atoms with E-state index in [9.17, 15) is 14.4 Å². The van der Waals surface area contributed by atoms with Crippen LogP contribution in [-0.2, 0) is 9.59 Å². The van der Waals surface area contributed by atoms with Crippen molar-refractivity contribution in [3.05, 3.63) is 65.2 Å². The van der Waals surface area contributed by atoms with Crippen LogP contribution in [0.5, 0.6) is 5.75 Å². The van der Waals surface area contributed by atoms with Crippen LogP contribution in [0.3, 0.4) is 0 Å². The molecule has 25 heavy (non-hydrogen) atoms. The van der Waals surface area contributed by atoms with Crippen LogP contribution in [-0.4, -0.2) is 25.0 Å². The van der Waals surface area contributed by atoms with Crippen LogP contribution in [0.25, 0.3) is 6.08 Å². The van der Waals surface area contributed by atoms with E-state index in [4.69, 9.17) is 4.74 Å². The quantitative estimate of drug-likeness (QED) is 0.691. The number of hydrogen-bond donors (Lipinski definition) is 1. The molecular formula is C19H16N2O4. The second kappa shape index (κ2) is 6.60. The second-order valence-corrected chi connectivity index (χ2v) is 5.57. The number of benzene rings is 2. The van der Waals surface area contributed by atoms with E-state index in [2.05, 4.69) is 5.32 Å². The SMILES string of the molecule is COc1cccc(/C=C2\C(=O)NC(=O)N(c3ccc(C)cc3)C2=O)c1. The zero-order valence-electron chi connectivity index (χ0n) is 13.8. The molecule has 2 aromatic rings. The molecule has 0 aliphatic carbocycles. The number of methoxy groups -OCH3 is 1. The first-order valence-electron chi connectivity index (χ1n) is 7.62. The van der Waals surface area contributed by atoms with Crippen molar-refractivity contribution < 1.29 is 19.1 Å². The number of amides is 4. The molecule has 126 valence electrons. The van der Waals surface area contributed by atoms with Gasteiger partial charge in [0.05, 0.1) is 12.8 Å². The Morgan fingerprint density at radius 1 is 1.04 bits per heavy atom. The van der Waals surface area contributed by atoms with Gasteiger partial charge in [0.1, 0.15) is 11.3 Å². The first-order chi connectivity index (χ1) is 12.0. The molecular weight excluding hydrogens is 320 g/mol. The van der Waals surface area contributed by atoms with Gasteiger partial charge in [-0.05, 0) is 42.8 Å². The van der Waals surface area contributed by atoms with Crippen molar-refractivity contribution in [3.8, 4) is 5.75 Å². The summed E-state index contributed by atoms with van der Waals surface area (Å²) in [6.07, 6.45) is 1.44. The minimum atomic E-state index is -0.762. The summed E-state index contributed by atoms with van der Waals surface area (Å²) >= 11 is 0. The first kappa shape index (κ1) is 16.4. The maximum absolute atomic E-state index is 12.7. The third kappa shape index (κ3) is 3.28. The van der Waals surface area contributed by atoms with Gasteiger partial charge in [-0.1, -0.05) is 29.8 Å². The van der Waals surface area contributed by atoms with Crippen molar-refractivity contribution in [2.24, 2.45) is 0 Å². The zero-order valence-corrected chi connectivity index (χ0v) is 13.8. The van der Waals surface area contributed by atoms with Crippen molar-refractivity contribution in [2.75, 3.05) is 12.0 Å². The van der Waals surface area contributed by atoms with E-state index in [1.165, 1.54) is 13.2 Å². The molecule has 0 spiro atoms. The van der Waals surface area contributed by atoms with Crippen LogP contribution in [0.4, 0.5) is 10.5 Å². The van der Waals surface area contributed by atoms with E-state index in [0.717, 1.165) is 10.5 Å². The van der Waals surface area contributed by atoms with Crippen LogP contribution in [0, 0.1) is 6.92 Å². The van der Waals surface area contributed by atoms with Crippen LogP contribution >= 0.6 is 0 Å². The Hall–Kier alpha value is -3.41. The highest BCUT2D eigenvalue weighted by molar-refractivity contribution is 6.39. The standard InChI is InChI=1S/C19H16N2O4/c1-12-6-8-14(9-7-12)21-18(23)16(17(22)20-19(21)24)11-13-4-3-5-15(10-13)25-2/h3-11H,1-2H3,(H,20,22,24)/b16-11+. The zero-order chi connectivity index (χ0) is 18.0. The van der Waals surface area contributed by atoms with Crippen LogP contribution < -0.4 is 15.0 Å². The number of anilines is 1. The average molecular weight is 336 g/mol. The predicted octanol–water partition coefficient (Wildman–Crippen LogP) is 2.67. The fraction of sp³-hybridized carbons (Fsp3) is 0.105.